The molecule has 0 aliphatic heterocycles. The van der Waals surface area contributed by atoms with E-state index in [1.54, 1.807) is 6.07 Å². The van der Waals surface area contributed by atoms with Crippen molar-refractivity contribution in [2.75, 3.05) is 5.43 Å². The van der Waals surface area contributed by atoms with Gasteiger partial charge in [0.1, 0.15) is 17.3 Å². The van der Waals surface area contributed by atoms with Crippen molar-refractivity contribution >= 4 is 11.6 Å². The molecule has 20 heavy (non-hydrogen) atoms. The summed E-state index contributed by atoms with van der Waals surface area (Å²) in [6.45, 7) is -0.124. The molecule has 1 aromatic carbocycles. The van der Waals surface area contributed by atoms with Crippen LogP contribution in [-0.4, -0.2) is 10.9 Å². The van der Waals surface area contributed by atoms with Gasteiger partial charge in [-0.25, -0.2) is 13.8 Å². The molecule has 0 atom stereocenters. The van der Waals surface area contributed by atoms with E-state index >= 15 is 0 Å². The average Bonchev–Trinajstić information content (AvgIpc) is 2.48. The minimum atomic E-state index is -0.581. The van der Waals surface area contributed by atoms with Crippen LogP contribution < -0.4 is 16.6 Å². The molecule has 4 N–H and O–H groups in total. The van der Waals surface area contributed by atoms with Gasteiger partial charge in [-0.15, -0.1) is 0 Å². The zero-order valence-corrected chi connectivity index (χ0v) is 10.4. The van der Waals surface area contributed by atoms with Crippen LogP contribution in [0.4, 0.5) is 14.5 Å². The van der Waals surface area contributed by atoms with Crippen LogP contribution in [0.5, 0.6) is 0 Å². The molecule has 2 rings (SSSR count). The first-order valence-corrected chi connectivity index (χ1v) is 5.75. The fourth-order valence-corrected chi connectivity index (χ4v) is 1.56. The number of nitrogens with two attached hydrogens (primary N) is 1. The molecule has 5 nitrogen and oxygen atoms in total. The second-order valence-corrected chi connectivity index (χ2v) is 3.99. The molecule has 0 aliphatic carbocycles. The molecule has 0 unspecified atom stereocenters. The molecule has 1 aromatic heterocycles. The lowest BCUT2D eigenvalue weighted by molar-refractivity contribution is 0.0945. The highest BCUT2D eigenvalue weighted by Crippen LogP contribution is 2.10. The molecule has 0 bridgehead atoms. The molecule has 0 fully saturated rings. The second kappa shape index (κ2) is 6.07. The number of hydrazine groups is 1. The SMILES string of the molecule is NNc1ccc(C(=O)NCc2cc(F)ccc2F)nc1. The summed E-state index contributed by atoms with van der Waals surface area (Å²) in [5, 5.41) is 2.46. The third-order valence-corrected chi connectivity index (χ3v) is 2.61. The van der Waals surface area contributed by atoms with Gasteiger partial charge in [0.25, 0.3) is 5.91 Å². The maximum absolute atomic E-state index is 13.4. The predicted molar refractivity (Wildman–Crippen MR) is 69.6 cm³/mol. The van der Waals surface area contributed by atoms with E-state index < -0.39 is 17.5 Å². The molecular weight excluding hydrogens is 266 g/mol. The van der Waals surface area contributed by atoms with Gasteiger partial charge in [0.15, 0.2) is 0 Å². The monoisotopic (exact) mass is 278 g/mol. The zero-order chi connectivity index (χ0) is 14.5. The van der Waals surface area contributed by atoms with E-state index in [-0.39, 0.29) is 17.8 Å². The molecule has 2 aromatic rings. The number of anilines is 1. The van der Waals surface area contributed by atoms with E-state index in [2.05, 4.69) is 15.7 Å². The van der Waals surface area contributed by atoms with Crippen molar-refractivity contribution in [1.29, 1.82) is 0 Å². The van der Waals surface area contributed by atoms with Gasteiger partial charge >= 0.3 is 0 Å². The van der Waals surface area contributed by atoms with Gasteiger partial charge in [0, 0.05) is 12.1 Å². The Hall–Kier alpha value is -2.54. The topological polar surface area (TPSA) is 80.0 Å². The van der Waals surface area contributed by atoms with Crippen LogP contribution in [0.25, 0.3) is 0 Å². The largest absolute Gasteiger partial charge is 0.347 e. The number of aromatic nitrogens is 1. The van der Waals surface area contributed by atoms with Crippen molar-refractivity contribution in [1.82, 2.24) is 10.3 Å². The number of pyridine rings is 1. The van der Waals surface area contributed by atoms with Gasteiger partial charge in [-0.2, -0.15) is 0 Å². The number of nitrogens with one attached hydrogen (secondary N) is 2. The van der Waals surface area contributed by atoms with E-state index in [0.29, 0.717) is 5.69 Å². The molecule has 1 heterocycles. The lowest BCUT2D eigenvalue weighted by Crippen LogP contribution is -2.24. The number of hydrogen-bond donors (Lipinski definition) is 3. The Kier molecular flexibility index (Phi) is 4.21. The van der Waals surface area contributed by atoms with Crippen LogP contribution in [0.3, 0.4) is 0 Å². The fraction of sp³-hybridized carbons (Fsp3) is 0.0769. The Morgan fingerprint density at radius 3 is 2.70 bits per heavy atom. The Morgan fingerprint density at radius 2 is 2.05 bits per heavy atom. The Balaban J connectivity index is 2.02. The van der Waals surface area contributed by atoms with E-state index in [4.69, 9.17) is 5.84 Å². The quantitative estimate of drug-likeness (QED) is 0.586. The third kappa shape index (κ3) is 3.27. The molecular formula is C13H12F2N4O. The van der Waals surface area contributed by atoms with Crippen molar-refractivity contribution in [3.8, 4) is 0 Å². The van der Waals surface area contributed by atoms with Crippen molar-refractivity contribution in [3.05, 3.63) is 59.4 Å². The number of nitrogen functional groups attached to an aromatic ring is 1. The molecule has 0 saturated heterocycles. The summed E-state index contributed by atoms with van der Waals surface area (Å²) in [6, 6.07) is 6.10. The van der Waals surface area contributed by atoms with E-state index in [1.807, 2.05) is 0 Å². The number of nitrogens with zero attached hydrogens (tertiary/aromatic N) is 1. The van der Waals surface area contributed by atoms with Gasteiger partial charge in [-0.3, -0.25) is 10.6 Å². The predicted octanol–water partition coefficient (Wildman–Crippen LogP) is 1.58. The maximum Gasteiger partial charge on any atom is 0.270 e. The standard InChI is InChI=1S/C13H12F2N4O/c14-9-1-3-11(15)8(5-9)6-18-13(20)12-4-2-10(19-16)7-17-12/h1-5,7,19H,6,16H2,(H,18,20). The number of carbonyl (C=O) groups is 1. The Bertz CT molecular complexity index is 616. The number of rotatable bonds is 4. The minimum absolute atomic E-state index is 0.0681. The Morgan fingerprint density at radius 1 is 1.25 bits per heavy atom. The van der Waals surface area contributed by atoms with Gasteiger partial charge in [0.2, 0.25) is 0 Å². The van der Waals surface area contributed by atoms with Crippen molar-refractivity contribution < 1.29 is 13.6 Å². The number of hydrogen-bond acceptors (Lipinski definition) is 4. The first-order valence-electron chi connectivity index (χ1n) is 5.75. The van der Waals surface area contributed by atoms with E-state index in [9.17, 15) is 13.6 Å². The highest BCUT2D eigenvalue weighted by Gasteiger charge is 2.09. The van der Waals surface area contributed by atoms with Crippen LogP contribution >= 0.6 is 0 Å². The van der Waals surface area contributed by atoms with Crippen LogP contribution in [0.2, 0.25) is 0 Å². The summed E-state index contributed by atoms with van der Waals surface area (Å²) in [5.41, 5.74) is 3.15. The fourth-order valence-electron chi connectivity index (χ4n) is 1.56. The molecule has 0 spiro atoms. The van der Waals surface area contributed by atoms with Crippen LogP contribution in [0.15, 0.2) is 36.5 Å². The third-order valence-electron chi connectivity index (χ3n) is 2.61. The van der Waals surface area contributed by atoms with Crippen molar-refractivity contribution in [2.45, 2.75) is 6.54 Å². The normalized spacial score (nSPS) is 10.2. The Labute approximate surface area is 113 Å². The van der Waals surface area contributed by atoms with E-state index in [0.717, 1.165) is 18.2 Å². The lowest BCUT2D eigenvalue weighted by atomic mass is 10.2. The summed E-state index contributed by atoms with van der Waals surface area (Å²) < 4.78 is 26.3. The van der Waals surface area contributed by atoms with Crippen LogP contribution in [-0.2, 0) is 6.54 Å². The molecule has 104 valence electrons. The minimum Gasteiger partial charge on any atom is -0.347 e. The van der Waals surface area contributed by atoms with Gasteiger partial charge in [-0.1, -0.05) is 0 Å². The molecule has 0 saturated carbocycles. The lowest BCUT2D eigenvalue weighted by Gasteiger charge is -2.06. The van der Waals surface area contributed by atoms with Crippen LogP contribution in [0.1, 0.15) is 16.1 Å². The summed E-state index contributed by atoms with van der Waals surface area (Å²) in [6.07, 6.45) is 1.39. The van der Waals surface area contributed by atoms with Crippen LogP contribution in [0, 0.1) is 11.6 Å². The highest BCUT2D eigenvalue weighted by atomic mass is 19.1. The summed E-state index contributed by atoms with van der Waals surface area (Å²) in [7, 11) is 0. The molecule has 0 radical (unpaired) electrons. The number of amides is 1. The van der Waals surface area contributed by atoms with E-state index in [1.165, 1.54) is 12.3 Å². The summed E-state index contributed by atoms with van der Waals surface area (Å²) in [4.78, 5) is 15.7. The highest BCUT2D eigenvalue weighted by molar-refractivity contribution is 5.92. The van der Waals surface area contributed by atoms with Gasteiger partial charge in [-0.05, 0) is 30.3 Å². The average molecular weight is 278 g/mol. The number of benzene rings is 1. The molecule has 1 amide bonds. The summed E-state index contributed by atoms with van der Waals surface area (Å²) in [5.74, 6) is 3.54. The second-order valence-electron chi connectivity index (χ2n) is 3.99. The first-order chi connectivity index (χ1) is 9.60. The van der Waals surface area contributed by atoms with Gasteiger partial charge in [0.05, 0.1) is 11.9 Å². The van der Waals surface area contributed by atoms with Gasteiger partial charge < -0.3 is 10.7 Å². The maximum atomic E-state index is 13.4. The molecule has 0 aliphatic rings. The first kappa shape index (κ1) is 13.9. The number of carbonyl (C=O) groups excluding carboxylic acids is 1. The zero-order valence-electron chi connectivity index (χ0n) is 10.4. The smallest absolute Gasteiger partial charge is 0.270 e. The summed E-state index contributed by atoms with van der Waals surface area (Å²) >= 11 is 0. The molecule has 7 heteroatoms. The number of halogens is 2. The van der Waals surface area contributed by atoms with Crippen molar-refractivity contribution in [3.63, 3.8) is 0 Å². The van der Waals surface area contributed by atoms with Crippen molar-refractivity contribution in [2.24, 2.45) is 5.84 Å².